The summed E-state index contributed by atoms with van der Waals surface area (Å²) in [7, 11) is 0. The molecule has 0 saturated heterocycles. The third-order valence-electron chi connectivity index (χ3n) is 2.84. The van der Waals surface area contributed by atoms with Crippen LogP contribution in [0.2, 0.25) is 0 Å². The van der Waals surface area contributed by atoms with Crippen LogP contribution in [0.15, 0.2) is 0 Å². The smallest absolute Gasteiger partial charge is 0.305 e. The summed E-state index contributed by atoms with van der Waals surface area (Å²) in [6.07, 6.45) is 1.02. The number of rotatable bonds is 9. The van der Waals surface area contributed by atoms with Crippen molar-refractivity contribution in [3.05, 3.63) is 0 Å². The fourth-order valence-electron chi connectivity index (χ4n) is 1.69. The molecule has 1 amide bonds. The Kier molecular flexibility index (Phi) is 7.74. The lowest BCUT2D eigenvalue weighted by atomic mass is 10.0. The highest BCUT2D eigenvalue weighted by atomic mass is 16.4. The molecule has 0 unspecified atom stereocenters. The summed E-state index contributed by atoms with van der Waals surface area (Å²) in [6.45, 7) is 3.91. The molecule has 0 atom stereocenters. The highest BCUT2D eigenvalue weighted by Gasteiger charge is 2.22. The van der Waals surface area contributed by atoms with Crippen LogP contribution in [0.3, 0.4) is 0 Å². The van der Waals surface area contributed by atoms with Crippen LogP contribution in [0.5, 0.6) is 0 Å². The first-order valence-corrected chi connectivity index (χ1v) is 6.14. The van der Waals surface area contributed by atoms with Crippen molar-refractivity contribution in [3.8, 4) is 0 Å². The van der Waals surface area contributed by atoms with Crippen LogP contribution >= 0.6 is 0 Å². The second kappa shape index (κ2) is 8.49. The van der Waals surface area contributed by atoms with Crippen molar-refractivity contribution in [2.24, 2.45) is 5.92 Å². The first kappa shape index (κ1) is 16.4. The Morgan fingerprint density at radius 3 is 1.61 bits per heavy atom. The maximum Gasteiger partial charge on any atom is 0.305 e. The standard InChI is InChI=1S/C12H21NO5/c1-3-9(4-2)12(18)13(7-5-10(14)15)8-6-11(16)17/h9H,3-8H2,1-2H3,(H,14,15)(H,16,17). The quantitative estimate of drug-likeness (QED) is 0.648. The van der Waals surface area contributed by atoms with Crippen molar-refractivity contribution in [3.63, 3.8) is 0 Å². The van der Waals surface area contributed by atoms with E-state index >= 15 is 0 Å². The Morgan fingerprint density at radius 1 is 0.944 bits per heavy atom. The Hall–Kier alpha value is -1.59. The van der Waals surface area contributed by atoms with E-state index < -0.39 is 11.9 Å². The number of amides is 1. The predicted octanol–water partition coefficient (Wildman–Crippen LogP) is 1.20. The van der Waals surface area contributed by atoms with Gasteiger partial charge in [-0.25, -0.2) is 0 Å². The van der Waals surface area contributed by atoms with Crippen LogP contribution in [0, 0.1) is 5.92 Å². The SMILES string of the molecule is CCC(CC)C(=O)N(CCC(=O)O)CCC(=O)O. The highest BCUT2D eigenvalue weighted by Crippen LogP contribution is 2.12. The molecule has 6 heteroatoms. The number of hydrogen-bond donors (Lipinski definition) is 2. The topological polar surface area (TPSA) is 94.9 Å². The Morgan fingerprint density at radius 2 is 1.33 bits per heavy atom. The molecule has 0 aromatic rings. The van der Waals surface area contributed by atoms with E-state index in [2.05, 4.69) is 0 Å². The molecule has 0 aliphatic heterocycles. The zero-order chi connectivity index (χ0) is 14.1. The van der Waals surface area contributed by atoms with Gasteiger partial charge in [-0.3, -0.25) is 14.4 Å². The van der Waals surface area contributed by atoms with Crippen molar-refractivity contribution in [2.45, 2.75) is 39.5 Å². The van der Waals surface area contributed by atoms with E-state index in [4.69, 9.17) is 10.2 Å². The maximum atomic E-state index is 12.1. The van der Waals surface area contributed by atoms with Crippen LogP contribution in [-0.2, 0) is 14.4 Å². The van der Waals surface area contributed by atoms with Crippen molar-refractivity contribution in [2.75, 3.05) is 13.1 Å². The molecule has 0 heterocycles. The number of carbonyl (C=O) groups excluding carboxylic acids is 1. The van der Waals surface area contributed by atoms with Crippen LogP contribution < -0.4 is 0 Å². The summed E-state index contributed by atoms with van der Waals surface area (Å²) < 4.78 is 0. The van der Waals surface area contributed by atoms with E-state index in [1.807, 2.05) is 13.8 Å². The molecular weight excluding hydrogens is 238 g/mol. The molecule has 0 radical (unpaired) electrons. The van der Waals surface area contributed by atoms with Crippen molar-refractivity contribution < 1.29 is 24.6 Å². The van der Waals surface area contributed by atoms with Gasteiger partial charge in [0.1, 0.15) is 0 Å². The summed E-state index contributed by atoms with van der Waals surface area (Å²) in [5.74, 6) is -2.30. The van der Waals surface area contributed by atoms with E-state index in [1.54, 1.807) is 0 Å². The largest absolute Gasteiger partial charge is 0.481 e. The third-order valence-corrected chi connectivity index (χ3v) is 2.84. The molecule has 0 fully saturated rings. The molecule has 2 N–H and O–H groups in total. The number of carbonyl (C=O) groups is 3. The van der Waals surface area contributed by atoms with E-state index in [-0.39, 0.29) is 37.8 Å². The van der Waals surface area contributed by atoms with Crippen molar-refractivity contribution >= 4 is 17.8 Å². The van der Waals surface area contributed by atoms with Crippen molar-refractivity contribution in [1.82, 2.24) is 4.90 Å². The molecule has 0 bridgehead atoms. The van der Waals surface area contributed by atoms with Gasteiger partial charge < -0.3 is 15.1 Å². The molecule has 0 saturated carbocycles. The van der Waals surface area contributed by atoms with Crippen LogP contribution in [0.25, 0.3) is 0 Å². The normalized spacial score (nSPS) is 10.4. The predicted molar refractivity (Wildman–Crippen MR) is 65.2 cm³/mol. The van der Waals surface area contributed by atoms with Gasteiger partial charge in [0.15, 0.2) is 0 Å². The molecule has 6 nitrogen and oxygen atoms in total. The Balaban J connectivity index is 4.56. The van der Waals surface area contributed by atoms with Gasteiger partial charge in [-0.05, 0) is 12.8 Å². The van der Waals surface area contributed by atoms with Crippen molar-refractivity contribution in [1.29, 1.82) is 0 Å². The van der Waals surface area contributed by atoms with E-state index in [0.29, 0.717) is 12.8 Å². The molecule has 18 heavy (non-hydrogen) atoms. The zero-order valence-electron chi connectivity index (χ0n) is 10.9. The summed E-state index contributed by atoms with van der Waals surface area (Å²) >= 11 is 0. The van der Waals surface area contributed by atoms with Gasteiger partial charge in [-0.2, -0.15) is 0 Å². The van der Waals surface area contributed by atoms with Gasteiger partial charge in [0.05, 0.1) is 12.8 Å². The fourth-order valence-corrected chi connectivity index (χ4v) is 1.69. The van der Waals surface area contributed by atoms with E-state index in [9.17, 15) is 14.4 Å². The first-order valence-electron chi connectivity index (χ1n) is 6.14. The summed E-state index contributed by atoms with van der Waals surface area (Å²) in [5, 5.41) is 17.2. The Labute approximate surface area is 107 Å². The van der Waals surface area contributed by atoms with Crippen LogP contribution in [-0.4, -0.2) is 46.0 Å². The van der Waals surface area contributed by atoms with Gasteiger partial charge in [0.25, 0.3) is 0 Å². The fraction of sp³-hybridized carbons (Fsp3) is 0.750. The van der Waals surface area contributed by atoms with Gasteiger partial charge in [-0.1, -0.05) is 13.8 Å². The van der Waals surface area contributed by atoms with Gasteiger partial charge in [0.2, 0.25) is 5.91 Å². The second-order valence-corrected chi connectivity index (χ2v) is 4.13. The zero-order valence-corrected chi connectivity index (χ0v) is 10.9. The molecular formula is C12H21NO5. The van der Waals surface area contributed by atoms with E-state index in [0.717, 1.165) is 0 Å². The lowest BCUT2D eigenvalue weighted by Gasteiger charge is -2.25. The molecule has 0 aliphatic carbocycles. The molecule has 0 aromatic carbocycles. The molecule has 0 rings (SSSR count). The van der Waals surface area contributed by atoms with Crippen LogP contribution in [0.1, 0.15) is 39.5 Å². The number of nitrogens with zero attached hydrogens (tertiary/aromatic N) is 1. The second-order valence-electron chi connectivity index (χ2n) is 4.13. The van der Waals surface area contributed by atoms with Gasteiger partial charge >= 0.3 is 11.9 Å². The van der Waals surface area contributed by atoms with Gasteiger partial charge in [0, 0.05) is 19.0 Å². The maximum absolute atomic E-state index is 12.1. The molecule has 104 valence electrons. The van der Waals surface area contributed by atoms with E-state index in [1.165, 1.54) is 4.90 Å². The number of carboxylic acid groups (broad SMARTS) is 2. The molecule has 0 spiro atoms. The number of hydrogen-bond acceptors (Lipinski definition) is 3. The summed E-state index contributed by atoms with van der Waals surface area (Å²) in [5.41, 5.74) is 0. The number of carboxylic acids is 2. The number of aliphatic carboxylic acids is 2. The summed E-state index contributed by atoms with van der Waals surface area (Å²) in [6, 6.07) is 0. The first-order chi connectivity index (χ1) is 8.42. The lowest BCUT2D eigenvalue weighted by Crippen LogP contribution is -2.38. The molecule has 0 aromatic heterocycles. The minimum Gasteiger partial charge on any atom is -0.481 e. The highest BCUT2D eigenvalue weighted by molar-refractivity contribution is 5.80. The Bertz CT molecular complexity index is 281. The monoisotopic (exact) mass is 259 g/mol. The minimum absolute atomic E-state index is 0.0674. The minimum atomic E-state index is -0.993. The van der Waals surface area contributed by atoms with Gasteiger partial charge in [-0.15, -0.1) is 0 Å². The lowest BCUT2D eigenvalue weighted by molar-refractivity contribution is -0.141. The summed E-state index contributed by atoms with van der Waals surface area (Å²) in [4.78, 5) is 34.5. The third kappa shape index (κ3) is 6.22. The average Bonchev–Trinajstić information content (AvgIpc) is 2.29. The average molecular weight is 259 g/mol. The molecule has 0 aliphatic rings. The van der Waals surface area contributed by atoms with Crippen LogP contribution in [0.4, 0.5) is 0 Å².